The Bertz CT molecular complexity index is 554. The zero-order valence-corrected chi connectivity index (χ0v) is 8.84. The molecule has 1 aromatic carbocycles. The first-order valence-electron chi connectivity index (χ1n) is 5.03. The van der Waals surface area contributed by atoms with Gasteiger partial charge in [-0.3, -0.25) is 10.1 Å². The predicted octanol–water partition coefficient (Wildman–Crippen LogP) is 3.46. The molecule has 0 bridgehead atoms. The molecule has 0 radical (unpaired) electrons. The van der Waals surface area contributed by atoms with Crippen LogP contribution >= 0.6 is 0 Å². The van der Waals surface area contributed by atoms with Gasteiger partial charge in [0, 0.05) is 23.4 Å². The molecule has 1 heterocycles. The van der Waals surface area contributed by atoms with E-state index in [0.717, 1.165) is 16.5 Å². The van der Waals surface area contributed by atoms with Crippen LogP contribution in [0.5, 0.6) is 0 Å². The van der Waals surface area contributed by atoms with Crippen LogP contribution in [-0.2, 0) is 0 Å². The summed E-state index contributed by atoms with van der Waals surface area (Å²) >= 11 is 0. The van der Waals surface area contributed by atoms with E-state index in [-0.39, 0.29) is 10.6 Å². The minimum atomic E-state index is -0.359. The van der Waals surface area contributed by atoms with Crippen molar-refractivity contribution in [3.05, 3.63) is 51.9 Å². The number of allylic oxidation sites excluding steroid dienone is 1. The lowest BCUT2D eigenvalue weighted by Gasteiger charge is -1.93. The Morgan fingerprint density at radius 2 is 2.25 bits per heavy atom. The summed E-state index contributed by atoms with van der Waals surface area (Å²) in [6.45, 7) is 1.76. The SMILES string of the molecule is CC/C(=C/c1coc2ccccc12)[N+](=O)[O-]. The molecule has 0 aliphatic heterocycles. The Balaban J connectivity index is 2.52. The molecule has 1 aromatic heterocycles. The monoisotopic (exact) mass is 217 g/mol. The highest BCUT2D eigenvalue weighted by Crippen LogP contribution is 2.23. The lowest BCUT2D eigenvalue weighted by atomic mass is 10.1. The summed E-state index contributed by atoms with van der Waals surface area (Å²) in [5.41, 5.74) is 1.68. The van der Waals surface area contributed by atoms with Gasteiger partial charge in [0.25, 0.3) is 0 Å². The quantitative estimate of drug-likeness (QED) is 0.584. The van der Waals surface area contributed by atoms with E-state index in [1.54, 1.807) is 19.3 Å². The summed E-state index contributed by atoms with van der Waals surface area (Å²) in [5, 5.41) is 11.6. The van der Waals surface area contributed by atoms with E-state index in [1.165, 1.54) is 0 Å². The molecule has 0 saturated carbocycles. The Hall–Kier alpha value is -2.10. The van der Waals surface area contributed by atoms with Crippen molar-refractivity contribution in [1.29, 1.82) is 0 Å². The summed E-state index contributed by atoms with van der Waals surface area (Å²) < 4.78 is 5.31. The van der Waals surface area contributed by atoms with Gasteiger partial charge in [0.05, 0.1) is 11.2 Å². The van der Waals surface area contributed by atoms with Gasteiger partial charge in [-0.15, -0.1) is 0 Å². The number of nitrogens with zero attached hydrogens (tertiary/aromatic N) is 1. The van der Waals surface area contributed by atoms with Crippen LogP contribution in [0.15, 0.2) is 40.6 Å². The molecule has 0 amide bonds. The highest BCUT2D eigenvalue weighted by Gasteiger charge is 2.10. The number of rotatable bonds is 3. The van der Waals surface area contributed by atoms with E-state index in [9.17, 15) is 10.1 Å². The molecule has 4 nitrogen and oxygen atoms in total. The minimum Gasteiger partial charge on any atom is -0.464 e. The van der Waals surface area contributed by atoms with Crippen molar-refractivity contribution in [1.82, 2.24) is 0 Å². The van der Waals surface area contributed by atoms with Gasteiger partial charge in [-0.2, -0.15) is 0 Å². The van der Waals surface area contributed by atoms with Crippen LogP contribution in [0.1, 0.15) is 18.9 Å². The van der Waals surface area contributed by atoms with Crippen molar-refractivity contribution in [3.8, 4) is 0 Å². The number of nitro groups is 1. The van der Waals surface area contributed by atoms with Crippen molar-refractivity contribution < 1.29 is 9.34 Å². The van der Waals surface area contributed by atoms with Gasteiger partial charge in [0.15, 0.2) is 0 Å². The van der Waals surface area contributed by atoms with Crippen molar-refractivity contribution in [2.75, 3.05) is 0 Å². The van der Waals surface area contributed by atoms with Gasteiger partial charge >= 0.3 is 0 Å². The van der Waals surface area contributed by atoms with Crippen LogP contribution in [0.4, 0.5) is 0 Å². The number of benzene rings is 1. The number of furan rings is 1. The fourth-order valence-electron chi connectivity index (χ4n) is 1.57. The van der Waals surface area contributed by atoms with E-state index in [2.05, 4.69) is 0 Å². The molecular formula is C12H11NO3. The average molecular weight is 217 g/mol. The van der Waals surface area contributed by atoms with Gasteiger partial charge in [-0.1, -0.05) is 25.1 Å². The average Bonchev–Trinajstić information content (AvgIpc) is 2.69. The Morgan fingerprint density at radius 1 is 1.50 bits per heavy atom. The highest BCUT2D eigenvalue weighted by atomic mass is 16.6. The van der Waals surface area contributed by atoms with Crippen LogP contribution in [0, 0.1) is 10.1 Å². The van der Waals surface area contributed by atoms with Gasteiger partial charge < -0.3 is 4.42 Å². The maximum atomic E-state index is 10.7. The molecule has 16 heavy (non-hydrogen) atoms. The number of fused-ring (bicyclic) bond motifs is 1. The maximum Gasteiger partial charge on any atom is 0.246 e. The van der Waals surface area contributed by atoms with E-state index in [1.807, 2.05) is 24.3 Å². The minimum absolute atomic E-state index is 0.187. The number of hydrogen-bond acceptors (Lipinski definition) is 3. The van der Waals surface area contributed by atoms with E-state index < -0.39 is 0 Å². The summed E-state index contributed by atoms with van der Waals surface area (Å²) in [7, 11) is 0. The third kappa shape index (κ3) is 1.82. The molecule has 0 spiro atoms. The van der Waals surface area contributed by atoms with Crippen LogP contribution in [0.3, 0.4) is 0 Å². The first kappa shape index (κ1) is 10.4. The van der Waals surface area contributed by atoms with Crippen LogP contribution in [-0.4, -0.2) is 4.92 Å². The molecule has 2 aromatic rings. The molecule has 82 valence electrons. The topological polar surface area (TPSA) is 56.3 Å². The summed E-state index contributed by atoms with van der Waals surface area (Å²) in [4.78, 5) is 10.3. The summed E-state index contributed by atoms with van der Waals surface area (Å²) in [6, 6.07) is 7.48. The second-order valence-electron chi connectivity index (χ2n) is 3.43. The largest absolute Gasteiger partial charge is 0.464 e. The van der Waals surface area contributed by atoms with Crippen molar-refractivity contribution in [2.45, 2.75) is 13.3 Å². The lowest BCUT2D eigenvalue weighted by molar-refractivity contribution is -0.425. The molecule has 0 aliphatic rings. The van der Waals surface area contributed by atoms with Gasteiger partial charge in [-0.05, 0) is 6.07 Å². The molecule has 0 fully saturated rings. The first-order valence-corrected chi connectivity index (χ1v) is 5.03. The zero-order valence-electron chi connectivity index (χ0n) is 8.84. The lowest BCUT2D eigenvalue weighted by Crippen LogP contribution is -1.96. The normalized spacial score (nSPS) is 11.9. The molecule has 0 aliphatic carbocycles. The Morgan fingerprint density at radius 3 is 2.94 bits per heavy atom. The molecule has 4 heteroatoms. The van der Waals surface area contributed by atoms with Crippen molar-refractivity contribution in [2.24, 2.45) is 0 Å². The molecule has 0 unspecified atom stereocenters. The van der Waals surface area contributed by atoms with E-state index in [4.69, 9.17) is 4.42 Å². The summed E-state index contributed by atoms with van der Waals surface area (Å²) in [5.74, 6) is 0. The predicted molar refractivity (Wildman–Crippen MR) is 61.5 cm³/mol. The fourth-order valence-corrected chi connectivity index (χ4v) is 1.57. The fraction of sp³-hybridized carbons (Fsp3) is 0.167. The number of para-hydroxylation sites is 1. The molecule has 0 atom stereocenters. The van der Waals surface area contributed by atoms with Crippen molar-refractivity contribution in [3.63, 3.8) is 0 Å². The van der Waals surface area contributed by atoms with E-state index >= 15 is 0 Å². The van der Waals surface area contributed by atoms with Gasteiger partial charge in [0.2, 0.25) is 5.70 Å². The number of hydrogen-bond donors (Lipinski definition) is 0. The van der Waals surface area contributed by atoms with E-state index in [0.29, 0.717) is 6.42 Å². The summed E-state index contributed by atoms with van der Waals surface area (Å²) in [6.07, 6.45) is 3.50. The van der Waals surface area contributed by atoms with Crippen molar-refractivity contribution >= 4 is 17.0 Å². The Labute approximate surface area is 92.3 Å². The van der Waals surface area contributed by atoms with Crippen LogP contribution in [0.25, 0.3) is 17.0 Å². The zero-order chi connectivity index (χ0) is 11.5. The molecule has 0 N–H and O–H groups in total. The van der Waals surface area contributed by atoms with Crippen LogP contribution in [0.2, 0.25) is 0 Å². The second-order valence-corrected chi connectivity index (χ2v) is 3.43. The third-order valence-corrected chi connectivity index (χ3v) is 2.43. The maximum absolute atomic E-state index is 10.7. The highest BCUT2D eigenvalue weighted by molar-refractivity contribution is 5.87. The molecule has 0 saturated heterocycles. The third-order valence-electron chi connectivity index (χ3n) is 2.43. The molecular weight excluding hydrogens is 206 g/mol. The molecule has 2 rings (SSSR count). The second kappa shape index (κ2) is 4.18. The Kier molecular flexibility index (Phi) is 2.72. The first-order chi connectivity index (χ1) is 7.72. The van der Waals surface area contributed by atoms with Gasteiger partial charge in [-0.25, -0.2) is 0 Å². The van der Waals surface area contributed by atoms with Gasteiger partial charge in [0.1, 0.15) is 5.58 Å². The standard InChI is InChI=1S/C12H11NO3/c1-2-10(13(14)15)7-9-8-16-12-6-4-3-5-11(9)12/h3-8H,2H2,1H3/b10-7-. The smallest absolute Gasteiger partial charge is 0.246 e. The van der Waals surface area contributed by atoms with Crippen LogP contribution < -0.4 is 0 Å².